The summed E-state index contributed by atoms with van der Waals surface area (Å²) in [5.41, 5.74) is 2.66. The van der Waals surface area contributed by atoms with Crippen LogP contribution in [-0.4, -0.2) is 28.5 Å². The van der Waals surface area contributed by atoms with Gasteiger partial charge in [0.1, 0.15) is 0 Å². The molecule has 1 fully saturated rings. The number of fused-ring (bicyclic) bond motifs is 1. The number of aliphatic carboxylic acids is 1. The van der Waals surface area contributed by atoms with Crippen molar-refractivity contribution in [3.05, 3.63) is 35.5 Å². The number of nitrogens with one attached hydrogen (secondary N) is 2. The maximum atomic E-state index is 12.2. The Bertz CT molecular complexity index is 772. The number of aromatic amines is 1. The average molecular weight is 342 g/mol. The van der Waals surface area contributed by atoms with Crippen molar-refractivity contribution in [3.8, 4) is 0 Å². The Hall–Kier alpha value is -2.30. The first-order valence-corrected chi connectivity index (χ1v) is 9.07. The lowest BCUT2D eigenvalue weighted by molar-refractivity contribution is -0.151. The minimum atomic E-state index is -0.778. The van der Waals surface area contributed by atoms with Crippen molar-refractivity contribution < 1.29 is 14.7 Å². The molecule has 3 N–H and O–H groups in total. The Morgan fingerprint density at radius 3 is 2.72 bits per heavy atom. The number of carboxylic acids is 1. The van der Waals surface area contributed by atoms with E-state index in [1.165, 1.54) is 5.56 Å². The maximum absolute atomic E-state index is 12.2. The van der Waals surface area contributed by atoms with Gasteiger partial charge in [0.15, 0.2) is 0 Å². The van der Waals surface area contributed by atoms with Crippen molar-refractivity contribution in [1.82, 2.24) is 10.3 Å². The van der Waals surface area contributed by atoms with Gasteiger partial charge < -0.3 is 15.4 Å². The molecule has 1 aliphatic rings. The van der Waals surface area contributed by atoms with Crippen LogP contribution in [0.2, 0.25) is 0 Å². The van der Waals surface area contributed by atoms with Gasteiger partial charge in [-0.25, -0.2) is 0 Å². The van der Waals surface area contributed by atoms with E-state index in [1.807, 2.05) is 12.3 Å². The lowest BCUT2D eigenvalue weighted by atomic mass is 9.74. The quantitative estimate of drug-likeness (QED) is 0.751. The van der Waals surface area contributed by atoms with Crippen LogP contribution in [0.25, 0.3) is 10.9 Å². The molecule has 2 aromatic rings. The fraction of sp³-hybridized carbons (Fsp3) is 0.500. The molecule has 5 heteroatoms. The molecule has 0 radical (unpaired) electrons. The van der Waals surface area contributed by atoms with Crippen LogP contribution in [0.5, 0.6) is 0 Å². The SMILES string of the molecule is Cc1cccc2c(CCC(=O)NCC3(C(=O)O)CCCCC3)c[nH]c12. The van der Waals surface area contributed by atoms with E-state index in [2.05, 4.69) is 29.4 Å². The third kappa shape index (κ3) is 3.70. The number of carbonyl (C=O) groups is 2. The van der Waals surface area contributed by atoms with E-state index in [0.717, 1.165) is 35.7 Å². The molecular weight excluding hydrogens is 316 g/mol. The van der Waals surface area contributed by atoms with Gasteiger partial charge in [-0.1, -0.05) is 37.5 Å². The topological polar surface area (TPSA) is 82.2 Å². The van der Waals surface area contributed by atoms with Gasteiger partial charge in [-0.15, -0.1) is 0 Å². The summed E-state index contributed by atoms with van der Waals surface area (Å²) in [6.45, 7) is 2.30. The number of carbonyl (C=O) groups excluding carboxylic acids is 1. The van der Waals surface area contributed by atoms with E-state index in [1.54, 1.807) is 0 Å². The van der Waals surface area contributed by atoms with Gasteiger partial charge in [0.25, 0.3) is 0 Å². The Labute approximate surface area is 147 Å². The van der Waals surface area contributed by atoms with E-state index < -0.39 is 11.4 Å². The molecule has 1 aliphatic carbocycles. The van der Waals surface area contributed by atoms with Crippen LogP contribution in [0.15, 0.2) is 24.4 Å². The monoisotopic (exact) mass is 342 g/mol. The number of carboxylic acid groups (broad SMARTS) is 1. The molecule has 1 saturated carbocycles. The summed E-state index contributed by atoms with van der Waals surface area (Å²) in [5, 5.41) is 13.6. The van der Waals surface area contributed by atoms with Gasteiger partial charge in [-0.3, -0.25) is 9.59 Å². The summed E-state index contributed by atoms with van der Waals surface area (Å²) >= 11 is 0. The standard InChI is InChI=1S/C20H26N2O3/c1-14-6-5-7-16-15(12-21-18(14)16)8-9-17(23)22-13-20(19(24)25)10-3-2-4-11-20/h5-7,12,21H,2-4,8-11,13H2,1H3,(H,22,23)(H,24,25). The number of amides is 1. The van der Waals surface area contributed by atoms with Crippen molar-refractivity contribution in [2.75, 3.05) is 6.54 Å². The first kappa shape index (κ1) is 17.5. The van der Waals surface area contributed by atoms with Crippen LogP contribution in [0, 0.1) is 12.3 Å². The zero-order valence-corrected chi connectivity index (χ0v) is 14.7. The summed E-state index contributed by atoms with van der Waals surface area (Å²) in [7, 11) is 0. The molecule has 0 atom stereocenters. The fourth-order valence-corrected chi connectivity index (χ4v) is 3.87. The molecule has 3 rings (SSSR count). The van der Waals surface area contributed by atoms with Crippen molar-refractivity contribution in [3.63, 3.8) is 0 Å². The lowest BCUT2D eigenvalue weighted by Crippen LogP contribution is -2.44. The molecular formula is C20H26N2O3. The Morgan fingerprint density at radius 2 is 2.00 bits per heavy atom. The molecule has 0 unspecified atom stereocenters. The van der Waals surface area contributed by atoms with Gasteiger partial charge in [0.2, 0.25) is 5.91 Å². The maximum Gasteiger partial charge on any atom is 0.311 e. The highest BCUT2D eigenvalue weighted by molar-refractivity contribution is 5.86. The predicted molar refractivity (Wildman–Crippen MR) is 97.5 cm³/mol. The molecule has 1 heterocycles. The van der Waals surface area contributed by atoms with Crippen LogP contribution in [-0.2, 0) is 16.0 Å². The van der Waals surface area contributed by atoms with Gasteiger partial charge in [-0.2, -0.15) is 0 Å². The molecule has 134 valence electrons. The number of aromatic nitrogens is 1. The van der Waals surface area contributed by atoms with Crippen LogP contribution >= 0.6 is 0 Å². The summed E-state index contributed by atoms with van der Waals surface area (Å²) in [4.78, 5) is 27.2. The average Bonchev–Trinajstić information content (AvgIpc) is 3.03. The van der Waals surface area contributed by atoms with E-state index >= 15 is 0 Å². The zero-order chi connectivity index (χ0) is 17.9. The van der Waals surface area contributed by atoms with Crippen molar-refractivity contribution >= 4 is 22.8 Å². The van der Waals surface area contributed by atoms with Crippen LogP contribution in [0.1, 0.15) is 49.7 Å². The highest BCUT2D eigenvalue weighted by Crippen LogP contribution is 2.36. The van der Waals surface area contributed by atoms with E-state index in [9.17, 15) is 14.7 Å². The first-order chi connectivity index (χ1) is 12.0. The first-order valence-electron chi connectivity index (χ1n) is 9.07. The summed E-state index contributed by atoms with van der Waals surface area (Å²) in [6, 6.07) is 6.15. The van der Waals surface area contributed by atoms with Crippen molar-refractivity contribution in [1.29, 1.82) is 0 Å². The second-order valence-electron chi connectivity index (χ2n) is 7.23. The minimum absolute atomic E-state index is 0.0757. The third-order valence-corrected chi connectivity index (χ3v) is 5.52. The van der Waals surface area contributed by atoms with Gasteiger partial charge in [0, 0.05) is 30.1 Å². The number of para-hydroxylation sites is 1. The van der Waals surface area contributed by atoms with Crippen LogP contribution in [0.3, 0.4) is 0 Å². The Kier molecular flexibility index (Phi) is 5.11. The number of hydrogen-bond donors (Lipinski definition) is 3. The van der Waals surface area contributed by atoms with Crippen LogP contribution in [0.4, 0.5) is 0 Å². The number of aryl methyl sites for hydroxylation is 2. The molecule has 0 spiro atoms. The summed E-state index contributed by atoms with van der Waals surface area (Å²) in [5.74, 6) is -0.854. The minimum Gasteiger partial charge on any atom is -0.481 e. The molecule has 0 saturated heterocycles. The highest BCUT2D eigenvalue weighted by atomic mass is 16.4. The number of H-pyrrole nitrogens is 1. The predicted octanol–water partition coefficient (Wildman–Crippen LogP) is 3.56. The third-order valence-electron chi connectivity index (χ3n) is 5.52. The number of benzene rings is 1. The second-order valence-corrected chi connectivity index (χ2v) is 7.23. The van der Waals surface area contributed by atoms with Gasteiger partial charge in [-0.05, 0) is 37.3 Å². The summed E-state index contributed by atoms with van der Waals surface area (Å²) < 4.78 is 0. The number of rotatable bonds is 6. The Balaban J connectivity index is 1.57. The smallest absolute Gasteiger partial charge is 0.311 e. The van der Waals surface area contributed by atoms with Crippen molar-refractivity contribution in [2.45, 2.75) is 51.9 Å². The zero-order valence-electron chi connectivity index (χ0n) is 14.7. The van der Waals surface area contributed by atoms with Crippen molar-refractivity contribution in [2.24, 2.45) is 5.41 Å². The van der Waals surface area contributed by atoms with Gasteiger partial charge in [0.05, 0.1) is 5.41 Å². The fourth-order valence-electron chi connectivity index (χ4n) is 3.87. The largest absolute Gasteiger partial charge is 0.481 e. The van der Waals surface area contributed by atoms with Gasteiger partial charge >= 0.3 is 5.97 Å². The molecule has 1 aromatic heterocycles. The second kappa shape index (κ2) is 7.30. The lowest BCUT2D eigenvalue weighted by Gasteiger charge is -2.33. The molecule has 1 amide bonds. The Morgan fingerprint density at radius 1 is 1.24 bits per heavy atom. The molecule has 0 bridgehead atoms. The molecule has 0 aliphatic heterocycles. The van der Waals surface area contributed by atoms with E-state index in [4.69, 9.17) is 0 Å². The normalized spacial score (nSPS) is 16.7. The highest BCUT2D eigenvalue weighted by Gasteiger charge is 2.39. The van der Waals surface area contributed by atoms with E-state index in [0.29, 0.717) is 25.7 Å². The van der Waals surface area contributed by atoms with Crippen LogP contribution < -0.4 is 5.32 Å². The van der Waals surface area contributed by atoms with E-state index in [-0.39, 0.29) is 12.5 Å². The molecule has 1 aromatic carbocycles. The number of hydrogen-bond acceptors (Lipinski definition) is 2. The molecule has 25 heavy (non-hydrogen) atoms. The summed E-state index contributed by atoms with van der Waals surface area (Å²) in [6.07, 6.45) is 7.24. The molecule has 5 nitrogen and oxygen atoms in total.